The van der Waals surface area contributed by atoms with Gasteiger partial charge in [0, 0.05) is 5.69 Å². The lowest BCUT2D eigenvalue weighted by Crippen LogP contribution is -2.14. The predicted molar refractivity (Wildman–Crippen MR) is 98.3 cm³/mol. The first-order valence-electron chi connectivity index (χ1n) is 7.99. The fraction of sp³-hybridized carbons (Fsp3) is 0.0952. The zero-order valence-electron chi connectivity index (χ0n) is 13.9. The van der Waals surface area contributed by atoms with E-state index in [-0.39, 0.29) is 12.3 Å². The van der Waals surface area contributed by atoms with Gasteiger partial charge in [-0.25, -0.2) is 0 Å². The summed E-state index contributed by atoms with van der Waals surface area (Å²) < 4.78 is 11.2. The molecule has 0 fully saturated rings. The van der Waals surface area contributed by atoms with Crippen molar-refractivity contribution in [2.24, 2.45) is 0 Å². The van der Waals surface area contributed by atoms with Crippen LogP contribution in [0.2, 0.25) is 0 Å². The number of carbonyl (C=O) groups excluding carboxylic acids is 1. The van der Waals surface area contributed by atoms with E-state index < -0.39 is 0 Å². The van der Waals surface area contributed by atoms with E-state index in [2.05, 4.69) is 5.32 Å². The summed E-state index contributed by atoms with van der Waals surface area (Å²) in [6.45, 7) is 0. The Balaban J connectivity index is 1.69. The average molecular weight is 333 g/mol. The zero-order valence-corrected chi connectivity index (χ0v) is 13.9. The third-order valence-corrected chi connectivity index (χ3v) is 3.62. The van der Waals surface area contributed by atoms with Crippen LogP contribution in [0.5, 0.6) is 17.2 Å². The summed E-state index contributed by atoms with van der Waals surface area (Å²) >= 11 is 0. The Labute approximate surface area is 147 Å². The Morgan fingerprint density at radius 3 is 2.24 bits per heavy atom. The van der Waals surface area contributed by atoms with Crippen molar-refractivity contribution in [3.8, 4) is 17.2 Å². The number of hydrogen-bond acceptors (Lipinski definition) is 3. The van der Waals surface area contributed by atoms with Crippen LogP contribution < -0.4 is 14.8 Å². The number of benzene rings is 3. The summed E-state index contributed by atoms with van der Waals surface area (Å²) in [6.07, 6.45) is 0.261. The van der Waals surface area contributed by atoms with Crippen LogP contribution in [0.15, 0.2) is 78.9 Å². The van der Waals surface area contributed by atoms with Gasteiger partial charge in [0.15, 0.2) is 11.5 Å². The molecule has 3 aromatic carbocycles. The molecule has 0 heterocycles. The molecule has 0 radical (unpaired) electrons. The van der Waals surface area contributed by atoms with E-state index in [0.29, 0.717) is 11.5 Å². The Bertz CT molecular complexity index is 832. The largest absolute Gasteiger partial charge is 0.493 e. The van der Waals surface area contributed by atoms with Crippen molar-refractivity contribution in [2.45, 2.75) is 6.42 Å². The maximum atomic E-state index is 12.2. The van der Waals surface area contributed by atoms with Crippen molar-refractivity contribution in [1.29, 1.82) is 0 Å². The van der Waals surface area contributed by atoms with Gasteiger partial charge < -0.3 is 14.8 Å². The summed E-state index contributed by atoms with van der Waals surface area (Å²) in [6, 6.07) is 24.4. The van der Waals surface area contributed by atoms with Crippen molar-refractivity contribution >= 4 is 11.6 Å². The fourth-order valence-electron chi connectivity index (χ4n) is 2.43. The van der Waals surface area contributed by atoms with Crippen LogP contribution in [-0.2, 0) is 11.2 Å². The van der Waals surface area contributed by atoms with Crippen LogP contribution in [0.1, 0.15) is 5.56 Å². The molecule has 1 N–H and O–H groups in total. The summed E-state index contributed by atoms with van der Waals surface area (Å²) in [5.41, 5.74) is 1.63. The van der Waals surface area contributed by atoms with Gasteiger partial charge in [0.05, 0.1) is 13.5 Å². The van der Waals surface area contributed by atoms with Crippen LogP contribution in [-0.4, -0.2) is 13.0 Å². The third-order valence-electron chi connectivity index (χ3n) is 3.62. The smallest absolute Gasteiger partial charge is 0.228 e. The van der Waals surface area contributed by atoms with E-state index in [9.17, 15) is 4.79 Å². The molecule has 0 atom stereocenters. The number of nitrogens with one attached hydrogen (secondary N) is 1. The lowest BCUT2D eigenvalue weighted by Gasteiger charge is -2.12. The number of methoxy groups -OCH3 is 1. The first kappa shape index (κ1) is 16.6. The highest BCUT2D eigenvalue weighted by Crippen LogP contribution is 2.32. The van der Waals surface area contributed by atoms with Gasteiger partial charge in [-0.2, -0.15) is 0 Å². The van der Waals surface area contributed by atoms with E-state index in [1.807, 2.05) is 78.9 Å². The molecule has 0 aromatic heterocycles. The first-order chi connectivity index (χ1) is 12.2. The molecule has 126 valence electrons. The molecule has 0 aliphatic rings. The molecule has 0 unspecified atom stereocenters. The molecule has 0 aliphatic carbocycles. The third kappa shape index (κ3) is 4.61. The second-order valence-electron chi connectivity index (χ2n) is 5.49. The number of hydrogen-bond donors (Lipinski definition) is 1. The highest BCUT2D eigenvalue weighted by Gasteiger charge is 2.10. The van der Waals surface area contributed by atoms with E-state index in [0.717, 1.165) is 17.0 Å². The quantitative estimate of drug-likeness (QED) is 0.713. The molecule has 4 heteroatoms. The van der Waals surface area contributed by atoms with E-state index in [4.69, 9.17) is 9.47 Å². The molecule has 0 saturated carbocycles. The van der Waals surface area contributed by atoms with Gasteiger partial charge in [0.25, 0.3) is 0 Å². The normalized spacial score (nSPS) is 10.1. The van der Waals surface area contributed by atoms with Crippen molar-refractivity contribution in [3.05, 3.63) is 84.4 Å². The van der Waals surface area contributed by atoms with Gasteiger partial charge in [-0.05, 0) is 42.0 Å². The lowest BCUT2D eigenvalue weighted by molar-refractivity contribution is -0.115. The molecular weight excluding hydrogens is 314 g/mol. The van der Waals surface area contributed by atoms with Gasteiger partial charge in [0.2, 0.25) is 5.91 Å². The molecule has 0 aliphatic heterocycles. The number of anilines is 1. The Morgan fingerprint density at radius 2 is 1.56 bits per heavy atom. The van der Waals surface area contributed by atoms with Crippen molar-refractivity contribution < 1.29 is 14.3 Å². The fourth-order valence-corrected chi connectivity index (χ4v) is 2.43. The molecule has 0 saturated heterocycles. The Hall–Kier alpha value is -3.27. The van der Waals surface area contributed by atoms with E-state index in [1.54, 1.807) is 7.11 Å². The van der Waals surface area contributed by atoms with Gasteiger partial charge in [0.1, 0.15) is 5.75 Å². The maximum absolute atomic E-state index is 12.2. The second-order valence-corrected chi connectivity index (χ2v) is 5.49. The maximum Gasteiger partial charge on any atom is 0.228 e. The number of ether oxygens (including phenoxy) is 2. The summed E-state index contributed by atoms with van der Waals surface area (Å²) in [5, 5.41) is 2.87. The number of para-hydroxylation sites is 2. The SMILES string of the molecule is COc1cc(CC(=O)Nc2ccccc2)ccc1Oc1ccccc1. The van der Waals surface area contributed by atoms with E-state index in [1.165, 1.54) is 0 Å². The van der Waals surface area contributed by atoms with Crippen LogP contribution in [0.4, 0.5) is 5.69 Å². The molecule has 25 heavy (non-hydrogen) atoms. The van der Waals surface area contributed by atoms with Crippen LogP contribution in [0, 0.1) is 0 Å². The molecule has 4 nitrogen and oxygen atoms in total. The minimum Gasteiger partial charge on any atom is -0.493 e. The molecule has 0 spiro atoms. The number of carbonyl (C=O) groups is 1. The topological polar surface area (TPSA) is 47.6 Å². The van der Waals surface area contributed by atoms with Gasteiger partial charge in [-0.1, -0.05) is 42.5 Å². The van der Waals surface area contributed by atoms with Crippen molar-refractivity contribution in [3.63, 3.8) is 0 Å². The van der Waals surface area contributed by atoms with Crippen molar-refractivity contribution in [1.82, 2.24) is 0 Å². The van der Waals surface area contributed by atoms with Crippen molar-refractivity contribution in [2.75, 3.05) is 12.4 Å². The molecular formula is C21H19NO3. The minimum absolute atomic E-state index is 0.0787. The highest BCUT2D eigenvalue weighted by atomic mass is 16.5. The van der Waals surface area contributed by atoms with Crippen LogP contribution in [0.3, 0.4) is 0 Å². The Morgan fingerprint density at radius 1 is 0.880 bits per heavy atom. The van der Waals surface area contributed by atoms with Gasteiger partial charge in [-0.15, -0.1) is 0 Å². The standard InChI is InChI=1S/C21H19NO3/c1-24-20-14-16(15-21(23)22-17-8-4-2-5-9-17)12-13-19(20)25-18-10-6-3-7-11-18/h2-14H,15H2,1H3,(H,22,23). The lowest BCUT2D eigenvalue weighted by atomic mass is 10.1. The average Bonchev–Trinajstić information content (AvgIpc) is 2.64. The monoisotopic (exact) mass is 333 g/mol. The predicted octanol–water partition coefficient (Wildman–Crippen LogP) is 4.67. The minimum atomic E-state index is -0.0787. The van der Waals surface area contributed by atoms with Gasteiger partial charge in [-0.3, -0.25) is 4.79 Å². The number of amides is 1. The first-order valence-corrected chi connectivity index (χ1v) is 7.99. The van der Waals surface area contributed by atoms with Crippen LogP contribution >= 0.6 is 0 Å². The molecule has 3 aromatic rings. The summed E-state index contributed by atoms with van der Waals surface area (Å²) in [4.78, 5) is 12.2. The van der Waals surface area contributed by atoms with E-state index >= 15 is 0 Å². The second kappa shape index (κ2) is 8.02. The highest BCUT2D eigenvalue weighted by molar-refractivity contribution is 5.92. The zero-order chi connectivity index (χ0) is 17.5. The number of rotatable bonds is 6. The van der Waals surface area contributed by atoms with Gasteiger partial charge >= 0.3 is 0 Å². The Kier molecular flexibility index (Phi) is 5.32. The van der Waals surface area contributed by atoms with Crippen LogP contribution in [0.25, 0.3) is 0 Å². The summed E-state index contributed by atoms with van der Waals surface area (Å²) in [7, 11) is 1.58. The summed E-state index contributed by atoms with van der Waals surface area (Å²) in [5.74, 6) is 1.86. The molecule has 1 amide bonds. The molecule has 3 rings (SSSR count). The molecule has 0 bridgehead atoms.